The van der Waals surface area contributed by atoms with Gasteiger partial charge in [-0.3, -0.25) is 4.99 Å². The average molecular weight is 194 g/mol. The fraction of sp³-hybridized carbons (Fsp3) is 0.583. The zero-order valence-corrected chi connectivity index (χ0v) is 10.0. The highest BCUT2D eigenvalue weighted by molar-refractivity contribution is 5.97. The summed E-state index contributed by atoms with van der Waals surface area (Å²) in [6, 6.07) is 0. The molecule has 0 spiro atoms. The lowest BCUT2D eigenvalue weighted by molar-refractivity contribution is 0.853. The highest BCUT2D eigenvalue weighted by atomic mass is 14.9. The third kappa shape index (κ3) is 4.26. The van der Waals surface area contributed by atoms with E-state index in [1.54, 1.807) is 0 Å². The van der Waals surface area contributed by atoms with Gasteiger partial charge in [0, 0.05) is 25.0 Å². The lowest BCUT2D eigenvalue weighted by Crippen LogP contribution is -2.16. The molecule has 0 aliphatic carbocycles. The molecule has 0 amide bonds. The van der Waals surface area contributed by atoms with Gasteiger partial charge in [-0.05, 0) is 31.4 Å². The fourth-order valence-electron chi connectivity index (χ4n) is 1.15. The van der Waals surface area contributed by atoms with Crippen LogP contribution in [0.4, 0.5) is 0 Å². The third-order valence-electron chi connectivity index (χ3n) is 1.97. The summed E-state index contributed by atoms with van der Waals surface area (Å²) in [4.78, 5) is 4.25. The van der Waals surface area contributed by atoms with Crippen LogP contribution in [0.2, 0.25) is 0 Å². The molecule has 0 aliphatic heterocycles. The third-order valence-corrected chi connectivity index (χ3v) is 1.97. The summed E-state index contributed by atoms with van der Waals surface area (Å²) in [7, 11) is 1.83. The number of hydrogen-bond donors (Lipinski definition) is 1. The van der Waals surface area contributed by atoms with Crippen molar-refractivity contribution in [3.63, 3.8) is 0 Å². The van der Waals surface area contributed by atoms with Crippen LogP contribution in [-0.2, 0) is 0 Å². The first-order valence-corrected chi connectivity index (χ1v) is 5.11. The smallest absolute Gasteiger partial charge is 0.0390 e. The molecule has 0 fully saturated rings. The van der Waals surface area contributed by atoms with E-state index in [0.29, 0.717) is 5.92 Å². The molecular weight excluding hydrogens is 172 g/mol. The Bertz CT molecular complexity index is 247. The molecule has 0 aromatic carbocycles. The summed E-state index contributed by atoms with van der Waals surface area (Å²) in [5.74, 6) is 0.452. The van der Waals surface area contributed by atoms with Crippen LogP contribution in [0.3, 0.4) is 0 Å². The Morgan fingerprint density at radius 3 is 2.36 bits per heavy atom. The second kappa shape index (κ2) is 6.41. The number of hydrogen-bond acceptors (Lipinski definition) is 2. The van der Waals surface area contributed by atoms with Gasteiger partial charge in [0.05, 0.1) is 0 Å². The molecule has 0 aromatic rings. The molecule has 2 nitrogen and oxygen atoms in total. The van der Waals surface area contributed by atoms with Gasteiger partial charge in [-0.25, -0.2) is 0 Å². The fourth-order valence-corrected chi connectivity index (χ4v) is 1.15. The van der Waals surface area contributed by atoms with Crippen LogP contribution in [0.25, 0.3) is 0 Å². The van der Waals surface area contributed by atoms with Crippen LogP contribution >= 0.6 is 0 Å². The first kappa shape index (κ1) is 12.9. The highest BCUT2D eigenvalue weighted by Gasteiger charge is 2.03. The van der Waals surface area contributed by atoms with E-state index in [-0.39, 0.29) is 0 Å². The molecule has 0 aliphatic rings. The van der Waals surface area contributed by atoms with Gasteiger partial charge in [0.1, 0.15) is 0 Å². The summed E-state index contributed by atoms with van der Waals surface area (Å²) in [5, 5.41) is 3.28. The summed E-state index contributed by atoms with van der Waals surface area (Å²) in [5.41, 5.74) is 3.24. The predicted molar refractivity (Wildman–Crippen MR) is 64.8 cm³/mol. The minimum absolute atomic E-state index is 0.452. The van der Waals surface area contributed by atoms with E-state index >= 15 is 0 Å². The number of nitrogens with one attached hydrogen (secondary N) is 1. The van der Waals surface area contributed by atoms with Crippen LogP contribution in [0.5, 0.6) is 0 Å². The quantitative estimate of drug-likeness (QED) is 0.528. The van der Waals surface area contributed by atoms with Crippen LogP contribution < -0.4 is 5.32 Å². The molecule has 1 N–H and O–H groups in total. The number of rotatable bonds is 5. The monoisotopic (exact) mass is 194 g/mol. The van der Waals surface area contributed by atoms with E-state index in [2.05, 4.69) is 43.7 Å². The predicted octanol–water partition coefficient (Wildman–Crippen LogP) is 2.78. The van der Waals surface area contributed by atoms with Crippen LogP contribution in [0.1, 0.15) is 27.7 Å². The number of aliphatic imine (C=N–C) groups is 1. The van der Waals surface area contributed by atoms with Crippen molar-refractivity contribution in [2.24, 2.45) is 10.9 Å². The van der Waals surface area contributed by atoms with E-state index in [9.17, 15) is 0 Å². The summed E-state index contributed by atoms with van der Waals surface area (Å²) in [6.07, 6.45) is 2.08. The van der Waals surface area contributed by atoms with Gasteiger partial charge in [0.2, 0.25) is 0 Å². The van der Waals surface area contributed by atoms with Gasteiger partial charge >= 0.3 is 0 Å². The maximum atomic E-state index is 4.25. The van der Waals surface area contributed by atoms with E-state index in [0.717, 1.165) is 23.5 Å². The molecule has 80 valence electrons. The molecule has 0 atom stereocenters. The molecule has 0 radical (unpaired) electrons. The van der Waals surface area contributed by atoms with Crippen molar-refractivity contribution < 1.29 is 0 Å². The molecule has 2 heteroatoms. The van der Waals surface area contributed by atoms with Crippen LogP contribution in [0, 0.1) is 5.92 Å². The Morgan fingerprint density at radius 2 is 2.07 bits per heavy atom. The molecule has 0 saturated carbocycles. The molecule has 0 aromatic heterocycles. The molecule has 14 heavy (non-hydrogen) atoms. The normalized spacial score (nSPS) is 13.3. The maximum absolute atomic E-state index is 4.25. The minimum Gasteiger partial charge on any atom is -0.385 e. The first-order chi connectivity index (χ1) is 6.52. The Hall–Kier alpha value is -1.05. The van der Waals surface area contributed by atoms with Crippen molar-refractivity contribution in [2.45, 2.75) is 27.7 Å². The van der Waals surface area contributed by atoms with Gasteiger partial charge in [0.15, 0.2) is 0 Å². The highest BCUT2D eigenvalue weighted by Crippen LogP contribution is 2.07. The number of likely N-dealkylation sites (N-methyl/N-ethyl adjacent to an activating group) is 1. The van der Waals surface area contributed by atoms with Crippen molar-refractivity contribution in [3.05, 3.63) is 23.9 Å². The SMILES string of the molecule is C=C(C)/C(=C/C(=N/C)C(C)C)NCC. The molecule has 0 bridgehead atoms. The van der Waals surface area contributed by atoms with E-state index < -0.39 is 0 Å². The van der Waals surface area contributed by atoms with E-state index in [1.165, 1.54) is 0 Å². The molecule has 0 unspecified atom stereocenters. The number of allylic oxidation sites excluding steroid dienone is 2. The first-order valence-electron chi connectivity index (χ1n) is 5.11. The zero-order chi connectivity index (χ0) is 11.1. The summed E-state index contributed by atoms with van der Waals surface area (Å²) in [6.45, 7) is 13.2. The standard InChI is InChI=1S/C12H22N2/c1-7-14-12(10(4)5)8-11(13-6)9(2)3/h8-9,14H,4,7H2,1-3,5-6H3/b12-8-,13-11-. The Kier molecular flexibility index (Phi) is 5.93. The molecule has 0 saturated heterocycles. The summed E-state index contributed by atoms with van der Waals surface area (Å²) < 4.78 is 0. The van der Waals surface area contributed by atoms with Gasteiger partial charge in [-0.2, -0.15) is 0 Å². The summed E-state index contributed by atoms with van der Waals surface area (Å²) >= 11 is 0. The van der Waals surface area contributed by atoms with Gasteiger partial charge in [0.25, 0.3) is 0 Å². The van der Waals surface area contributed by atoms with Gasteiger partial charge in [-0.1, -0.05) is 20.4 Å². The van der Waals surface area contributed by atoms with Crippen molar-refractivity contribution in [1.82, 2.24) is 5.32 Å². The van der Waals surface area contributed by atoms with Crippen LogP contribution in [0.15, 0.2) is 28.9 Å². The number of nitrogens with zero attached hydrogens (tertiary/aromatic N) is 1. The molecular formula is C12H22N2. The zero-order valence-electron chi connectivity index (χ0n) is 10.0. The van der Waals surface area contributed by atoms with Crippen molar-refractivity contribution in [1.29, 1.82) is 0 Å². The van der Waals surface area contributed by atoms with E-state index in [4.69, 9.17) is 0 Å². The minimum atomic E-state index is 0.452. The van der Waals surface area contributed by atoms with Crippen molar-refractivity contribution in [3.8, 4) is 0 Å². The van der Waals surface area contributed by atoms with Gasteiger partial charge in [-0.15, -0.1) is 0 Å². The van der Waals surface area contributed by atoms with E-state index in [1.807, 2.05) is 14.0 Å². The average Bonchev–Trinajstić information content (AvgIpc) is 2.11. The Labute approximate surface area is 87.8 Å². The molecule has 0 rings (SSSR count). The van der Waals surface area contributed by atoms with Crippen LogP contribution in [-0.4, -0.2) is 19.3 Å². The Morgan fingerprint density at radius 1 is 1.50 bits per heavy atom. The second-order valence-electron chi connectivity index (χ2n) is 3.67. The lowest BCUT2D eigenvalue weighted by Gasteiger charge is -2.11. The topological polar surface area (TPSA) is 24.4 Å². The maximum Gasteiger partial charge on any atom is 0.0390 e. The van der Waals surface area contributed by atoms with Crippen molar-refractivity contribution >= 4 is 5.71 Å². The largest absolute Gasteiger partial charge is 0.385 e. The molecule has 0 heterocycles. The second-order valence-corrected chi connectivity index (χ2v) is 3.67. The van der Waals surface area contributed by atoms with Gasteiger partial charge < -0.3 is 5.32 Å². The Balaban J connectivity index is 4.79. The lowest BCUT2D eigenvalue weighted by atomic mass is 10.1. The van der Waals surface area contributed by atoms with Crippen molar-refractivity contribution in [2.75, 3.05) is 13.6 Å².